The van der Waals surface area contributed by atoms with Gasteiger partial charge in [0, 0.05) is 43.5 Å². The Bertz CT molecular complexity index is 814. The van der Waals surface area contributed by atoms with Gasteiger partial charge in [-0.15, -0.1) is 0 Å². The number of hydrogen-bond donors (Lipinski definition) is 0. The Balaban J connectivity index is 1.70. The molecule has 3 rings (SSSR count). The lowest BCUT2D eigenvalue weighted by Crippen LogP contribution is -2.48. The highest BCUT2D eigenvalue weighted by atomic mass is 16.5. The summed E-state index contributed by atoms with van der Waals surface area (Å²) >= 11 is 0. The second kappa shape index (κ2) is 7.79. The summed E-state index contributed by atoms with van der Waals surface area (Å²) < 4.78 is 10.5. The summed E-state index contributed by atoms with van der Waals surface area (Å²) in [6.45, 7) is 2.69. The Hall–Kier alpha value is -3.20. The Morgan fingerprint density at radius 2 is 1.65 bits per heavy atom. The standard InChI is InChI=1S/C20H21N3O3/c1-25-18-11-16(12-19(13-18)26-2)20(24)23-8-6-22(7-9-23)17-5-3-4-15(10-17)14-21/h3-5,10-13H,6-9H2,1-2H3. The van der Waals surface area contributed by atoms with Crippen LogP contribution in [0.3, 0.4) is 0 Å². The second-order valence-electron chi connectivity index (χ2n) is 6.04. The first-order valence-corrected chi connectivity index (χ1v) is 8.42. The van der Waals surface area contributed by atoms with E-state index in [1.165, 1.54) is 0 Å². The van der Waals surface area contributed by atoms with Gasteiger partial charge in [0.05, 0.1) is 25.9 Å². The highest BCUT2D eigenvalue weighted by Gasteiger charge is 2.23. The summed E-state index contributed by atoms with van der Waals surface area (Å²) in [4.78, 5) is 16.9. The van der Waals surface area contributed by atoms with Crippen LogP contribution in [0.4, 0.5) is 5.69 Å². The predicted molar refractivity (Wildman–Crippen MR) is 98.8 cm³/mol. The average molecular weight is 351 g/mol. The molecule has 2 aromatic rings. The maximum atomic E-state index is 12.8. The van der Waals surface area contributed by atoms with Crippen molar-refractivity contribution < 1.29 is 14.3 Å². The van der Waals surface area contributed by atoms with Crippen molar-refractivity contribution in [1.82, 2.24) is 4.90 Å². The van der Waals surface area contributed by atoms with Crippen LogP contribution < -0.4 is 14.4 Å². The molecule has 0 N–H and O–H groups in total. The molecule has 6 heteroatoms. The number of rotatable bonds is 4. The third kappa shape index (κ3) is 3.72. The molecule has 1 amide bonds. The summed E-state index contributed by atoms with van der Waals surface area (Å²) in [7, 11) is 3.13. The zero-order valence-corrected chi connectivity index (χ0v) is 14.9. The van der Waals surface area contributed by atoms with Gasteiger partial charge in [0.1, 0.15) is 11.5 Å². The number of nitriles is 1. The first kappa shape index (κ1) is 17.6. The molecule has 0 radical (unpaired) electrons. The first-order valence-electron chi connectivity index (χ1n) is 8.42. The fourth-order valence-corrected chi connectivity index (χ4v) is 3.05. The van der Waals surface area contributed by atoms with Gasteiger partial charge < -0.3 is 19.3 Å². The molecular formula is C20H21N3O3. The van der Waals surface area contributed by atoms with E-state index < -0.39 is 0 Å². The molecule has 2 aromatic carbocycles. The van der Waals surface area contributed by atoms with Crippen LogP contribution in [0.2, 0.25) is 0 Å². The summed E-state index contributed by atoms with van der Waals surface area (Å²) in [5.74, 6) is 1.16. The van der Waals surface area contributed by atoms with Crippen molar-refractivity contribution in [2.45, 2.75) is 0 Å². The van der Waals surface area contributed by atoms with Gasteiger partial charge in [-0.1, -0.05) is 6.07 Å². The van der Waals surface area contributed by atoms with E-state index >= 15 is 0 Å². The molecule has 1 aliphatic rings. The number of nitrogens with zero attached hydrogens (tertiary/aromatic N) is 3. The third-order valence-corrected chi connectivity index (χ3v) is 4.51. The minimum Gasteiger partial charge on any atom is -0.497 e. The van der Waals surface area contributed by atoms with E-state index in [0.29, 0.717) is 35.7 Å². The first-order chi connectivity index (χ1) is 12.6. The minimum atomic E-state index is -0.0346. The minimum absolute atomic E-state index is 0.0346. The lowest BCUT2D eigenvalue weighted by atomic mass is 10.1. The van der Waals surface area contributed by atoms with Gasteiger partial charge in [0.2, 0.25) is 0 Å². The molecule has 1 heterocycles. The summed E-state index contributed by atoms with van der Waals surface area (Å²) in [5.41, 5.74) is 2.21. The van der Waals surface area contributed by atoms with Crippen molar-refractivity contribution in [1.29, 1.82) is 5.26 Å². The van der Waals surface area contributed by atoms with Crippen molar-refractivity contribution in [2.24, 2.45) is 0 Å². The number of carbonyl (C=O) groups is 1. The average Bonchev–Trinajstić information content (AvgIpc) is 2.72. The SMILES string of the molecule is COc1cc(OC)cc(C(=O)N2CCN(c3cccc(C#N)c3)CC2)c1. The largest absolute Gasteiger partial charge is 0.497 e. The van der Waals surface area contributed by atoms with Gasteiger partial charge in [-0.2, -0.15) is 5.26 Å². The molecule has 0 bridgehead atoms. The maximum absolute atomic E-state index is 12.8. The molecule has 0 unspecified atom stereocenters. The predicted octanol–water partition coefficient (Wildman–Crippen LogP) is 2.54. The smallest absolute Gasteiger partial charge is 0.254 e. The number of piperazine rings is 1. The van der Waals surface area contributed by atoms with E-state index in [2.05, 4.69) is 11.0 Å². The van der Waals surface area contributed by atoms with Crippen molar-refractivity contribution in [3.63, 3.8) is 0 Å². The number of hydrogen-bond acceptors (Lipinski definition) is 5. The Morgan fingerprint density at radius 1 is 1.00 bits per heavy atom. The van der Waals surface area contributed by atoms with Crippen LogP contribution in [0.15, 0.2) is 42.5 Å². The molecule has 26 heavy (non-hydrogen) atoms. The molecule has 1 saturated heterocycles. The van der Waals surface area contributed by atoms with Crippen molar-refractivity contribution in [2.75, 3.05) is 45.3 Å². The van der Waals surface area contributed by atoms with Gasteiger partial charge in [-0.25, -0.2) is 0 Å². The van der Waals surface area contributed by atoms with Crippen LogP contribution in [0, 0.1) is 11.3 Å². The van der Waals surface area contributed by atoms with E-state index in [4.69, 9.17) is 14.7 Å². The van der Waals surface area contributed by atoms with Crippen molar-refractivity contribution in [3.8, 4) is 17.6 Å². The molecule has 0 aromatic heterocycles. The van der Waals surface area contributed by atoms with Gasteiger partial charge in [-0.05, 0) is 30.3 Å². The van der Waals surface area contributed by atoms with Crippen LogP contribution in [0.1, 0.15) is 15.9 Å². The second-order valence-corrected chi connectivity index (χ2v) is 6.04. The molecule has 0 saturated carbocycles. The van der Waals surface area contributed by atoms with E-state index in [0.717, 1.165) is 18.8 Å². The van der Waals surface area contributed by atoms with Crippen LogP contribution >= 0.6 is 0 Å². The normalized spacial score (nSPS) is 13.9. The number of anilines is 1. The quantitative estimate of drug-likeness (QED) is 0.847. The van der Waals surface area contributed by atoms with E-state index in [-0.39, 0.29) is 5.91 Å². The molecule has 1 aliphatic heterocycles. The lowest BCUT2D eigenvalue weighted by molar-refractivity contribution is 0.0746. The Morgan fingerprint density at radius 3 is 2.23 bits per heavy atom. The van der Waals surface area contributed by atoms with Gasteiger partial charge in [-0.3, -0.25) is 4.79 Å². The monoisotopic (exact) mass is 351 g/mol. The molecular weight excluding hydrogens is 330 g/mol. The van der Waals surface area contributed by atoms with Crippen molar-refractivity contribution in [3.05, 3.63) is 53.6 Å². The van der Waals surface area contributed by atoms with E-state index in [1.807, 2.05) is 23.1 Å². The zero-order valence-electron chi connectivity index (χ0n) is 14.9. The number of benzene rings is 2. The summed E-state index contributed by atoms with van der Waals surface area (Å²) in [6, 6.07) is 14.9. The van der Waals surface area contributed by atoms with E-state index in [9.17, 15) is 4.79 Å². The molecule has 1 fully saturated rings. The molecule has 0 atom stereocenters. The van der Waals surface area contributed by atoms with Crippen LogP contribution in [-0.4, -0.2) is 51.2 Å². The number of ether oxygens (including phenoxy) is 2. The van der Waals surface area contributed by atoms with Gasteiger partial charge in [0.15, 0.2) is 0 Å². The number of carbonyl (C=O) groups excluding carboxylic acids is 1. The summed E-state index contributed by atoms with van der Waals surface area (Å²) in [6.07, 6.45) is 0. The third-order valence-electron chi connectivity index (χ3n) is 4.51. The molecule has 0 aliphatic carbocycles. The fraction of sp³-hybridized carbons (Fsp3) is 0.300. The number of amides is 1. The van der Waals surface area contributed by atoms with E-state index in [1.54, 1.807) is 38.5 Å². The van der Waals surface area contributed by atoms with Crippen LogP contribution in [0.25, 0.3) is 0 Å². The molecule has 134 valence electrons. The summed E-state index contributed by atoms with van der Waals surface area (Å²) in [5, 5.41) is 9.04. The Labute approximate surface area is 153 Å². The molecule has 0 spiro atoms. The lowest BCUT2D eigenvalue weighted by Gasteiger charge is -2.36. The number of methoxy groups -OCH3 is 2. The maximum Gasteiger partial charge on any atom is 0.254 e. The van der Waals surface area contributed by atoms with Gasteiger partial charge in [0.25, 0.3) is 5.91 Å². The fourth-order valence-electron chi connectivity index (χ4n) is 3.05. The highest BCUT2D eigenvalue weighted by Crippen LogP contribution is 2.24. The Kier molecular flexibility index (Phi) is 5.28. The van der Waals surface area contributed by atoms with Crippen LogP contribution in [-0.2, 0) is 0 Å². The van der Waals surface area contributed by atoms with Crippen molar-refractivity contribution >= 4 is 11.6 Å². The van der Waals surface area contributed by atoms with Gasteiger partial charge >= 0.3 is 0 Å². The van der Waals surface area contributed by atoms with Crippen LogP contribution in [0.5, 0.6) is 11.5 Å². The highest BCUT2D eigenvalue weighted by molar-refractivity contribution is 5.95. The topological polar surface area (TPSA) is 65.8 Å². The zero-order chi connectivity index (χ0) is 18.5. The molecule has 6 nitrogen and oxygen atoms in total.